The number of carbonyl (C=O) groups is 1. The molecule has 0 atom stereocenters. The SMILES string of the molecule is O=Cc1cc(OC(F)(F)F)c(I)c(CBr)n1. The van der Waals surface area contributed by atoms with Crippen LogP contribution in [0.2, 0.25) is 0 Å². The standard InChI is InChI=1S/C8H4BrF3INO2/c9-2-5-7(13)6(16-8(10,11)12)1-4(3-15)14-5/h1,3H,2H2. The summed E-state index contributed by atoms with van der Waals surface area (Å²) in [7, 11) is 0. The van der Waals surface area contributed by atoms with E-state index in [-0.39, 0.29) is 14.6 Å². The van der Waals surface area contributed by atoms with E-state index in [0.717, 1.165) is 6.07 Å². The first-order chi connectivity index (χ1) is 7.37. The van der Waals surface area contributed by atoms with Gasteiger partial charge in [0.2, 0.25) is 0 Å². The Bertz CT molecular complexity index is 411. The summed E-state index contributed by atoms with van der Waals surface area (Å²) in [6, 6.07) is 0.953. The van der Waals surface area contributed by atoms with E-state index in [1.807, 2.05) is 0 Å². The molecule has 0 saturated carbocycles. The molecule has 0 N–H and O–H groups in total. The molecule has 0 fully saturated rings. The van der Waals surface area contributed by atoms with E-state index < -0.39 is 12.1 Å². The molecular formula is C8H4BrF3INO2. The van der Waals surface area contributed by atoms with Crippen molar-refractivity contribution < 1.29 is 22.7 Å². The van der Waals surface area contributed by atoms with Crippen LogP contribution in [-0.4, -0.2) is 17.6 Å². The number of pyridine rings is 1. The Hall–Kier alpha value is -0.380. The number of alkyl halides is 4. The molecule has 0 amide bonds. The van der Waals surface area contributed by atoms with Crippen molar-refractivity contribution in [3.63, 3.8) is 0 Å². The van der Waals surface area contributed by atoms with Crippen molar-refractivity contribution in [2.75, 3.05) is 0 Å². The highest BCUT2D eigenvalue weighted by atomic mass is 127. The Labute approximate surface area is 111 Å². The van der Waals surface area contributed by atoms with Crippen molar-refractivity contribution in [1.29, 1.82) is 0 Å². The third-order valence-corrected chi connectivity index (χ3v) is 3.17. The molecule has 0 bridgehead atoms. The minimum atomic E-state index is -4.79. The molecule has 88 valence electrons. The van der Waals surface area contributed by atoms with E-state index in [2.05, 4.69) is 25.7 Å². The van der Waals surface area contributed by atoms with Crippen LogP contribution in [0, 0.1) is 3.57 Å². The number of halogens is 5. The Morgan fingerprint density at radius 3 is 2.62 bits per heavy atom. The van der Waals surface area contributed by atoms with Crippen LogP contribution in [0.4, 0.5) is 13.2 Å². The Morgan fingerprint density at radius 1 is 1.56 bits per heavy atom. The van der Waals surface area contributed by atoms with Crippen molar-refractivity contribution in [2.45, 2.75) is 11.7 Å². The molecule has 1 aromatic heterocycles. The van der Waals surface area contributed by atoms with Crippen molar-refractivity contribution in [2.24, 2.45) is 0 Å². The Kier molecular flexibility index (Phi) is 4.53. The average molecular weight is 410 g/mol. The highest BCUT2D eigenvalue weighted by molar-refractivity contribution is 14.1. The first-order valence-corrected chi connectivity index (χ1v) is 6.03. The lowest BCUT2D eigenvalue weighted by molar-refractivity contribution is -0.275. The summed E-state index contributed by atoms with van der Waals surface area (Å²) in [5.41, 5.74) is 0.221. The summed E-state index contributed by atoms with van der Waals surface area (Å²) >= 11 is 4.75. The molecule has 0 aliphatic heterocycles. The number of rotatable bonds is 3. The number of ether oxygens (including phenoxy) is 1. The molecule has 0 radical (unpaired) electrons. The molecule has 0 spiro atoms. The molecular weight excluding hydrogens is 406 g/mol. The topological polar surface area (TPSA) is 39.2 Å². The largest absolute Gasteiger partial charge is 0.573 e. The first kappa shape index (κ1) is 13.7. The van der Waals surface area contributed by atoms with Crippen LogP contribution in [0.25, 0.3) is 0 Å². The highest BCUT2D eigenvalue weighted by Gasteiger charge is 2.32. The molecule has 0 aromatic carbocycles. The minimum absolute atomic E-state index is 0.103. The van der Waals surface area contributed by atoms with Crippen molar-refractivity contribution in [3.05, 3.63) is 21.0 Å². The second-order valence-electron chi connectivity index (χ2n) is 2.61. The van der Waals surface area contributed by atoms with E-state index >= 15 is 0 Å². The van der Waals surface area contributed by atoms with Crippen LogP contribution in [0.5, 0.6) is 5.75 Å². The van der Waals surface area contributed by atoms with Crippen molar-refractivity contribution >= 4 is 44.8 Å². The normalized spacial score (nSPS) is 11.3. The van der Waals surface area contributed by atoms with Gasteiger partial charge in [-0.1, -0.05) is 15.9 Å². The number of hydrogen-bond acceptors (Lipinski definition) is 3. The fourth-order valence-electron chi connectivity index (χ4n) is 0.925. The fraction of sp³-hybridized carbons (Fsp3) is 0.250. The van der Waals surface area contributed by atoms with Crippen LogP contribution in [0.3, 0.4) is 0 Å². The second kappa shape index (κ2) is 5.30. The number of carbonyl (C=O) groups excluding carboxylic acids is 1. The summed E-state index contributed by atoms with van der Waals surface area (Å²) < 4.78 is 40.1. The molecule has 8 heteroatoms. The van der Waals surface area contributed by atoms with Gasteiger partial charge in [0.15, 0.2) is 6.29 Å². The molecule has 0 saturated heterocycles. The number of aldehydes is 1. The number of aromatic nitrogens is 1. The monoisotopic (exact) mass is 409 g/mol. The van der Waals surface area contributed by atoms with Crippen LogP contribution >= 0.6 is 38.5 Å². The third kappa shape index (κ3) is 3.58. The van der Waals surface area contributed by atoms with Crippen LogP contribution < -0.4 is 4.74 Å². The smallest absolute Gasteiger partial charge is 0.405 e. The molecule has 3 nitrogen and oxygen atoms in total. The third-order valence-electron chi connectivity index (χ3n) is 1.49. The van der Waals surface area contributed by atoms with E-state index in [0.29, 0.717) is 12.0 Å². The molecule has 16 heavy (non-hydrogen) atoms. The number of hydrogen-bond donors (Lipinski definition) is 0. The van der Waals surface area contributed by atoms with Gasteiger partial charge in [-0.25, -0.2) is 4.98 Å². The van der Waals surface area contributed by atoms with Crippen molar-refractivity contribution in [3.8, 4) is 5.75 Å². The zero-order chi connectivity index (χ0) is 12.3. The summed E-state index contributed by atoms with van der Waals surface area (Å²) in [5.74, 6) is -0.417. The second-order valence-corrected chi connectivity index (χ2v) is 4.24. The van der Waals surface area contributed by atoms with Gasteiger partial charge in [-0.15, -0.1) is 13.2 Å². The highest BCUT2D eigenvalue weighted by Crippen LogP contribution is 2.30. The van der Waals surface area contributed by atoms with Crippen LogP contribution in [-0.2, 0) is 5.33 Å². The molecule has 1 rings (SSSR count). The lowest BCUT2D eigenvalue weighted by atomic mass is 10.3. The lowest BCUT2D eigenvalue weighted by Gasteiger charge is -2.12. The maximum Gasteiger partial charge on any atom is 0.573 e. The Balaban J connectivity index is 3.21. The Morgan fingerprint density at radius 2 is 2.19 bits per heavy atom. The molecule has 0 aliphatic rings. The van der Waals surface area contributed by atoms with Gasteiger partial charge < -0.3 is 4.74 Å². The summed E-state index contributed by atoms with van der Waals surface area (Å²) in [4.78, 5) is 14.3. The van der Waals surface area contributed by atoms with E-state index in [1.54, 1.807) is 22.6 Å². The van der Waals surface area contributed by atoms with Gasteiger partial charge in [0, 0.05) is 11.4 Å². The minimum Gasteiger partial charge on any atom is -0.405 e. The summed E-state index contributed by atoms with van der Waals surface area (Å²) in [6.07, 6.45) is -4.42. The zero-order valence-electron chi connectivity index (χ0n) is 7.52. The van der Waals surface area contributed by atoms with Crippen LogP contribution in [0.15, 0.2) is 6.07 Å². The quantitative estimate of drug-likeness (QED) is 0.437. The molecule has 1 aromatic rings. The van der Waals surface area contributed by atoms with Gasteiger partial charge in [-0.3, -0.25) is 4.79 Å². The summed E-state index contributed by atoms with van der Waals surface area (Å²) in [5, 5.41) is 0.237. The zero-order valence-corrected chi connectivity index (χ0v) is 11.3. The molecule has 0 aliphatic carbocycles. The molecule has 1 heterocycles. The fourth-order valence-corrected chi connectivity index (χ4v) is 2.43. The van der Waals surface area contributed by atoms with Gasteiger partial charge in [0.1, 0.15) is 11.4 Å². The predicted molar refractivity (Wildman–Crippen MR) is 61.7 cm³/mol. The summed E-state index contributed by atoms with van der Waals surface area (Å²) in [6.45, 7) is 0. The average Bonchev–Trinajstić information content (AvgIpc) is 2.19. The number of nitrogens with zero attached hydrogens (tertiary/aromatic N) is 1. The van der Waals surface area contributed by atoms with Crippen molar-refractivity contribution in [1.82, 2.24) is 4.98 Å². The van der Waals surface area contributed by atoms with E-state index in [9.17, 15) is 18.0 Å². The van der Waals surface area contributed by atoms with Gasteiger partial charge in [0.05, 0.1) is 9.26 Å². The maximum absolute atomic E-state index is 12.0. The van der Waals surface area contributed by atoms with Gasteiger partial charge >= 0.3 is 6.36 Å². The van der Waals surface area contributed by atoms with E-state index in [1.165, 1.54) is 0 Å². The van der Waals surface area contributed by atoms with E-state index in [4.69, 9.17) is 0 Å². The maximum atomic E-state index is 12.0. The predicted octanol–water partition coefficient (Wildman–Crippen LogP) is 3.29. The van der Waals surface area contributed by atoms with Gasteiger partial charge in [-0.05, 0) is 22.6 Å². The molecule has 0 unspecified atom stereocenters. The van der Waals surface area contributed by atoms with Crippen LogP contribution in [0.1, 0.15) is 16.2 Å². The first-order valence-electron chi connectivity index (χ1n) is 3.83. The lowest BCUT2D eigenvalue weighted by Crippen LogP contribution is -2.18. The van der Waals surface area contributed by atoms with Gasteiger partial charge in [0.25, 0.3) is 0 Å². The van der Waals surface area contributed by atoms with Gasteiger partial charge in [-0.2, -0.15) is 0 Å².